The van der Waals surface area contributed by atoms with Crippen molar-refractivity contribution in [1.82, 2.24) is 9.97 Å². The van der Waals surface area contributed by atoms with Crippen LogP contribution in [0.15, 0.2) is 121 Å². The van der Waals surface area contributed by atoms with Gasteiger partial charge in [0.2, 0.25) is 0 Å². The topological polar surface area (TPSA) is 25.8 Å². The standard InChI is InChI=1S/C37H24N2.2CH4.Pt/c1-3-15-31-29(13-1)30-14-2-4-16-32(30)37(31)35-19-7-17-33(38-35)27-11-5-9-25(23-27)21-22-26-10-6-12-28(24-26)34-18-8-20-36(37)39-34;;;/h1-20H,21-22H2;2*1H4;/q-2;;;+2. The zero-order chi connectivity index (χ0) is 25.8. The van der Waals surface area contributed by atoms with Gasteiger partial charge in [-0.15, -0.1) is 70.8 Å². The summed E-state index contributed by atoms with van der Waals surface area (Å²) in [5.41, 5.74) is 12.4. The van der Waals surface area contributed by atoms with E-state index in [4.69, 9.17) is 9.97 Å². The molecular weight excluding hydrogens is 692 g/mol. The number of benzene rings is 4. The fraction of sp³-hybridized carbons (Fsp3) is 0.128. The van der Waals surface area contributed by atoms with Crippen LogP contribution in [0, 0.1) is 12.1 Å². The van der Waals surface area contributed by atoms with Crippen molar-refractivity contribution >= 4 is 0 Å². The van der Waals surface area contributed by atoms with Crippen LogP contribution < -0.4 is 0 Å². The monoisotopic (exact) mass is 723 g/mol. The smallest absolute Gasteiger partial charge is 0.300 e. The van der Waals surface area contributed by atoms with Crippen LogP contribution in [0.3, 0.4) is 0 Å². The summed E-state index contributed by atoms with van der Waals surface area (Å²) in [6.07, 6.45) is 1.79. The second-order valence-electron chi connectivity index (χ2n) is 10.3. The van der Waals surface area contributed by atoms with Gasteiger partial charge in [-0.05, 0) is 58.6 Å². The molecule has 0 radical (unpaired) electrons. The van der Waals surface area contributed by atoms with E-state index in [1.54, 1.807) is 0 Å². The molecule has 1 aliphatic heterocycles. The Kier molecular flexibility index (Phi) is 8.13. The van der Waals surface area contributed by atoms with E-state index in [0.29, 0.717) is 0 Å². The van der Waals surface area contributed by atoms with Crippen molar-refractivity contribution in [3.05, 3.63) is 167 Å². The fourth-order valence-electron chi connectivity index (χ4n) is 6.40. The van der Waals surface area contributed by atoms with Crippen LogP contribution >= 0.6 is 0 Å². The largest absolute Gasteiger partial charge is 2.00 e. The summed E-state index contributed by atoms with van der Waals surface area (Å²) in [7, 11) is 0. The van der Waals surface area contributed by atoms with Crippen LogP contribution in [0.1, 0.15) is 48.5 Å². The molecule has 0 fully saturated rings. The Balaban J connectivity index is 0.00000118. The SMILES string of the molecule is C.C.[Pt+2].[c-]1c2cccc1-c1cccc(n1)C1(c3cccc(n3)-c3[c-]c(ccc3)CC2)c2ccccc2-c2ccccc21. The zero-order valence-corrected chi connectivity index (χ0v) is 23.9. The molecular formula is C39H32N2Pt. The van der Waals surface area contributed by atoms with Gasteiger partial charge in [0.15, 0.2) is 0 Å². The first kappa shape index (κ1) is 29.4. The molecule has 6 aromatic rings. The van der Waals surface area contributed by atoms with E-state index in [1.165, 1.54) is 33.4 Å². The average Bonchev–Trinajstić information content (AvgIpc) is 3.31. The Bertz CT molecular complexity index is 1750. The minimum atomic E-state index is -0.658. The van der Waals surface area contributed by atoms with Gasteiger partial charge >= 0.3 is 21.1 Å². The average molecular weight is 724 g/mol. The molecule has 42 heavy (non-hydrogen) atoms. The Morgan fingerprint density at radius 1 is 0.476 bits per heavy atom. The minimum absolute atomic E-state index is 0. The van der Waals surface area contributed by atoms with Crippen LogP contribution in [-0.4, -0.2) is 9.97 Å². The Morgan fingerprint density at radius 3 is 1.38 bits per heavy atom. The zero-order valence-electron chi connectivity index (χ0n) is 21.7. The number of fused-ring (bicyclic) bond motifs is 17. The second kappa shape index (κ2) is 11.6. The molecule has 0 N–H and O–H groups in total. The summed E-state index contributed by atoms with van der Waals surface area (Å²) in [4.78, 5) is 10.8. The molecule has 4 aromatic carbocycles. The summed E-state index contributed by atoms with van der Waals surface area (Å²) in [6, 6.07) is 50.3. The maximum atomic E-state index is 5.39. The predicted molar refractivity (Wildman–Crippen MR) is 169 cm³/mol. The van der Waals surface area contributed by atoms with Crippen molar-refractivity contribution in [2.45, 2.75) is 33.1 Å². The molecule has 3 heterocycles. The Hall–Kier alpha value is -4.13. The van der Waals surface area contributed by atoms with Crippen LogP contribution in [0.2, 0.25) is 0 Å². The molecule has 3 heteroatoms. The van der Waals surface area contributed by atoms with Crippen molar-refractivity contribution in [1.29, 1.82) is 0 Å². The summed E-state index contributed by atoms with van der Waals surface area (Å²) in [6.45, 7) is 0. The third-order valence-corrected chi connectivity index (χ3v) is 8.15. The van der Waals surface area contributed by atoms with Gasteiger partial charge < -0.3 is 0 Å². The van der Waals surface area contributed by atoms with Crippen LogP contribution in [0.5, 0.6) is 0 Å². The summed E-state index contributed by atoms with van der Waals surface area (Å²) in [5, 5.41) is 0. The van der Waals surface area contributed by atoms with E-state index < -0.39 is 5.41 Å². The van der Waals surface area contributed by atoms with E-state index in [0.717, 1.165) is 46.7 Å². The maximum absolute atomic E-state index is 5.39. The summed E-state index contributed by atoms with van der Waals surface area (Å²) < 4.78 is 0. The maximum Gasteiger partial charge on any atom is 2.00 e. The van der Waals surface area contributed by atoms with Crippen LogP contribution in [0.25, 0.3) is 33.6 Å². The number of hydrogen-bond acceptors (Lipinski definition) is 2. The molecule has 1 aliphatic carbocycles. The first-order chi connectivity index (χ1) is 19.3. The normalized spacial score (nSPS) is 13.1. The number of aromatic nitrogens is 2. The van der Waals surface area contributed by atoms with Gasteiger partial charge in [-0.1, -0.05) is 87.6 Å². The molecule has 0 unspecified atom stereocenters. The predicted octanol–water partition coefficient (Wildman–Crippen LogP) is 9.14. The van der Waals surface area contributed by atoms with Crippen LogP contribution in [-0.2, 0) is 39.3 Å². The fourth-order valence-corrected chi connectivity index (χ4v) is 6.40. The second-order valence-corrected chi connectivity index (χ2v) is 10.3. The Labute approximate surface area is 263 Å². The van der Waals surface area contributed by atoms with Crippen molar-refractivity contribution in [2.24, 2.45) is 0 Å². The molecule has 0 atom stereocenters. The van der Waals surface area contributed by atoms with Gasteiger partial charge in [0.1, 0.15) is 5.41 Å². The molecule has 0 saturated heterocycles. The van der Waals surface area contributed by atoms with E-state index in [2.05, 4.69) is 133 Å². The van der Waals surface area contributed by atoms with Gasteiger partial charge in [-0.3, -0.25) is 9.97 Å². The number of nitrogens with zero attached hydrogens (tertiary/aromatic N) is 2. The van der Waals surface area contributed by atoms with E-state index in [9.17, 15) is 0 Å². The number of hydrogen-bond donors (Lipinski definition) is 0. The van der Waals surface area contributed by atoms with Crippen molar-refractivity contribution in [3.63, 3.8) is 0 Å². The first-order valence-corrected chi connectivity index (χ1v) is 13.5. The van der Waals surface area contributed by atoms with E-state index >= 15 is 0 Å². The molecule has 2 nitrogen and oxygen atoms in total. The molecule has 0 amide bonds. The van der Waals surface area contributed by atoms with Gasteiger partial charge in [-0.25, -0.2) is 0 Å². The molecule has 8 rings (SSSR count). The molecule has 8 bridgehead atoms. The number of rotatable bonds is 0. The Morgan fingerprint density at radius 2 is 0.905 bits per heavy atom. The summed E-state index contributed by atoms with van der Waals surface area (Å²) >= 11 is 0. The minimum Gasteiger partial charge on any atom is -0.300 e. The molecule has 2 aliphatic rings. The number of aryl methyl sites for hydroxylation is 2. The molecule has 2 aromatic heterocycles. The first-order valence-electron chi connectivity index (χ1n) is 13.5. The molecule has 0 saturated carbocycles. The van der Waals surface area contributed by atoms with Gasteiger partial charge in [0, 0.05) is 0 Å². The molecule has 208 valence electrons. The number of pyridine rings is 2. The van der Waals surface area contributed by atoms with Crippen molar-refractivity contribution in [2.75, 3.05) is 0 Å². The van der Waals surface area contributed by atoms with Gasteiger partial charge in [-0.2, -0.15) is 0 Å². The third kappa shape index (κ3) is 4.46. The van der Waals surface area contributed by atoms with E-state index in [-0.39, 0.29) is 35.9 Å². The quantitative estimate of drug-likeness (QED) is 0.146. The van der Waals surface area contributed by atoms with Crippen LogP contribution in [0.4, 0.5) is 0 Å². The summed E-state index contributed by atoms with van der Waals surface area (Å²) in [5.74, 6) is 0. The van der Waals surface area contributed by atoms with Crippen molar-refractivity contribution in [3.8, 4) is 33.6 Å². The van der Waals surface area contributed by atoms with Gasteiger partial charge in [0.25, 0.3) is 0 Å². The van der Waals surface area contributed by atoms with Gasteiger partial charge in [0.05, 0.1) is 11.4 Å². The van der Waals surface area contributed by atoms with Crippen molar-refractivity contribution < 1.29 is 21.1 Å². The molecule has 1 spiro atoms. The third-order valence-electron chi connectivity index (χ3n) is 8.15. The van der Waals surface area contributed by atoms with E-state index in [1.807, 2.05) is 0 Å².